The predicted octanol–water partition coefficient (Wildman–Crippen LogP) is 0.532. The number of hydrogen-bond donors (Lipinski definition) is 2. The molecule has 0 amide bonds. The molecule has 2 aliphatic heterocycles. The second-order valence-corrected chi connectivity index (χ2v) is 8.80. The maximum absolute atomic E-state index is 13.4. The van der Waals surface area contributed by atoms with Gasteiger partial charge in [-0.1, -0.05) is 12.1 Å². The maximum Gasteiger partial charge on any atom is 0.240 e. The molecule has 4 rings (SSSR count). The molecule has 0 unspecified atom stereocenters. The Morgan fingerprint density at radius 3 is 2.38 bits per heavy atom. The van der Waals surface area contributed by atoms with Crippen molar-refractivity contribution in [1.82, 2.24) is 4.72 Å². The fraction of sp³-hybridized carbons (Fsp3) is 0.400. The van der Waals surface area contributed by atoms with Crippen LogP contribution in [-0.2, 0) is 14.8 Å². The molecule has 2 aromatic carbocycles. The van der Waals surface area contributed by atoms with Crippen molar-refractivity contribution in [2.24, 2.45) is 0 Å². The molecule has 0 spiro atoms. The summed E-state index contributed by atoms with van der Waals surface area (Å²) in [5.74, 6) is 0.645. The number of ether oxygens (including phenoxy) is 3. The monoisotopic (exact) mass is 423 g/mol. The van der Waals surface area contributed by atoms with Gasteiger partial charge in [-0.3, -0.25) is 0 Å². The van der Waals surface area contributed by atoms with E-state index in [1.54, 1.807) is 18.2 Å². The lowest BCUT2D eigenvalue weighted by Gasteiger charge is -2.32. The van der Waals surface area contributed by atoms with Crippen molar-refractivity contribution in [2.45, 2.75) is 10.9 Å². The predicted molar refractivity (Wildman–Crippen MR) is 103 cm³/mol. The molecule has 156 valence electrons. The van der Waals surface area contributed by atoms with Crippen LogP contribution in [0.5, 0.6) is 11.5 Å². The second kappa shape index (κ2) is 8.66. The van der Waals surface area contributed by atoms with Gasteiger partial charge in [0.1, 0.15) is 38.2 Å². The van der Waals surface area contributed by atoms with E-state index in [9.17, 15) is 12.8 Å². The Hall–Kier alpha value is -2.20. The fourth-order valence-corrected chi connectivity index (χ4v) is 4.70. The van der Waals surface area contributed by atoms with Gasteiger partial charge in [-0.15, -0.1) is 0 Å². The van der Waals surface area contributed by atoms with Crippen LogP contribution in [0.2, 0.25) is 0 Å². The van der Waals surface area contributed by atoms with Gasteiger partial charge >= 0.3 is 0 Å². The van der Waals surface area contributed by atoms with Gasteiger partial charge in [-0.2, -0.15) is 0 Å². The van der Waals surface area contributed by atoms with Gasteiger partial charge in [0.25, 0.3) is 0 Å². The van der Waals surface area contributed by atoms with Crippen molar-refractivity contribution in [1.29, 1.82) is 0 Å². The van der Waals surface area contributed by atoms with E-state index in [1.165, 1.54) is 29.2 Å². The van der Waals surface area contributed by atoms with Gasteiger partial charge in [0.05, 0.1) is 24.7 Å². The van der Waals surface area contributed by atoms with E-state index in [-0.39, 0.29) is 23.3 Å². The van der Waals surface area contributed by atoms with E-state index in [1.807, 2.05) is 0 Å². The summed E-state index contributed by atoms with van der Waals surface area (Å²) < 4.78 is 58.2. The fourth-order valence-electron chi connectivity index (χ4n) is 3.64. The molecular weight excluding hydrogens is 399 g/mol. The lowest BCUT2D eigenvalue weighted by molar-refractivity contribution is -0.937. The molecule has 1 fully saturated rings. The van der Waals surface area contributed by atoms with Crippen molar-refractivity contribution in [3.63, 3.8) is 0 Å². The Balaban J connectivity index is 1.53. The molecule has 2 N–H and O–H groups in total. The van der Waals surface area contributed by atoms with Gasteiger partial charge in [-0.05, 0) is 24.3 Å². The van der Waals surface area contributed by atoms with Crippen molar-refractivity contribution in [2.75, 3.05) is 46.1 Å². The number of sulfonamides is 1. The highest BCUT2D eigenvalue weighted by molar-refractivity contribution is 7.89. The quantitative estimate of drug-likeness (QED) is 0.709. The summed E-state index contributed by atoms with van der Waals surface area (Å²) in [5, 5.41) is 0. The summed E-state index contributed by atoms with van der Waals surface area (Å²) in [6.07, 6.45) is 0. The highest BCUT2D eigenvalue weighted by Gasteiger charge is 2.29. The average molecular weight is 423 g/mol. The van der Waals surface area contributed by atoms with Crippen molar-refractivity contribution >= 4 is 10.0 Å². The minimum atomic E-state index is -3.75. The highest BCUT2D eigenvalue weighted by Crippen LogP contribution is 2.32. The molecule has 2 heterocycles. The summed E-state index contributed by atoms with van der Waals surface area (Å²) in [6, 6.07) is 10.7. The standard InChI is InChI=1S/C20H23FN2O5S/c21-16-3-1-15(2-4-16)18(23-7-9-26-10-8-23)14-22-29(24,25)17-5-6-19-20(13-17)28-12-11-27-19/h1-6,13,18,22H,7-12,14H2/p+1/t18-/m1/s1. The molecule has 0 aliphatic carbocycles. The Morgan fingerprint density at radius 1 is 0.966 bits per heavy atom. The minimum absolute atomic E-state index is 0.122. The van der Waals surface area contributed by atoms with Crippen LogP contribution < -0.4 is 19.1 Å². The van der Waals surface area contributed by atoms with E-state index in [2.05, 4.69) is 4.72 Å². The average Bonchev–Trinajstić information content (AvgIpc) is 2.75. The normalized spacial score (nSPS) is 18.4. The lowest BCUT2D eigenvalue weighted by atomic mass is 10.0. The first-order chi connectivity index (χ1) is 14.0. The topological polar surface area (TPSA) is 78.3 Å². The van der Waals surface area contributed by atoms with E-state index in [0.29, 0.717) is 37.9 Å². The first kappa shape index (κ1) is 20.1. The molecule has 29 heavy (non-hydrogen) atoms. The third kappa shape index (κ3) is 4.69. The first-order valence-corrected chi connectivity index (χ1v) is 11.1. The van der Waals surface area contributed by atoms with E-state index >= 15 is 0 Å². The highest BCUT2D eigenvalue weighted by atomic mass is 32.2. The Kier molecular flexibility index (Phi) is 6.00. The summed E-state index contributed by atoms with van der Waals surface area (Å²) in [4.78, 5) is 1.32. The van der Waals surface area contributed by atoms with Gasteiger partial charge < -0.3 is 19.1 Å². The number of halogens is 1. The van der Waals surface area contributed by atoms with Crippen molar-refractivity contribution in [3.8, 4) is 11.5 Å². The number of hydrogen-bond acceptors (Lipinski definition) is 5. The van der Waals surface area contributed by atoms with Gasteiger partial charge in [0.15, 0.2) is 11.5 Å². The smallest absolute Gasteiger partial charge is 0.240 e. The zero-order valence-electron chi connectivity index (χ0n) is 15.9. The van der Waals surface area contributed by atoms with Crippen molar-refractivity contribution in [3.05, 3.63) is 53.8 Å². The van der Waals surface area contributed by atoms with Crippen LogP contribution in [0.15, 0.2) is 47.4 Å². The van der Waals surface area contributed by atoms with Gasteiger partial charge in [0, 0.05) is 11.6 Å². The third-order valence-electron chi connectivity index (χ3n) is 5.20. The van der Waals surface area contributed by atoms with Crippen LogP contribution in [0.4, 0.5) is 4.39 Å². The first-order valence-electron chi connectivity index (χ1n) is 9.60. The molecule has 7 nitrogen and oxygen atoms in total. The Labute approximate surface area is 169 Å². The molecular formula is C20H24FN2O5S+. The molecule has 2 aromatic rings. The van der Waals surface area contributed by atoms with E-state index in [4.69, 9.17) is 14.2 Å². The molecule has 0 aromatic heterocycles. The molecule has 1 saturated heterocycles. The van der Waals surface area contributed by atoms with Crippen LogP contribution in [0.25, 0.3) is 0 Å². The van der Waals surface area contributed by atoms with Gasteiger partial charge in [0.2, 0.25) is 10.0 Å². The number of nitrogens with one attached hydrogen (secondary N) is 2. The minimum Gasteiger partial charge on any atom is -0.486 e. The van der Waals surface area contributed by atoms with Crippen LogP contribution in [0.3, 0.4) is 0 Å². The molecule has 0 radical (unpaired) electrons. The van der Waals surface area contributed by atoms with E-state index in [0.717, 1.165) is 18.7 Å². The van der Waals surface area contributed by atoms with E-state index < -0.39 is 10.0 Å². The summed E-state index contributed by atoms with van der Waals surface area (Å²) in [6.45, 7) is 3.76. The largest absolute Gasteiger partial charge is 0.486 e. The number of benzene rings is 2. The number of quaternary nitrogens is 1. The zero-order chi connectivity index (χ0) is 20.3. The molecule has 9 heteroatoms. The van der Waals surface area contributed by atoms with Crippen LogP contribution >= 0.6 is 0 Å². The lowest BCUT2D eigenvalue weighted by Crippen LogP contribution is -3.15. The summed E-state index contributed by atoms with van der Waals surface area (Å²) in [5.41, 5.74) is 0.883. The SMILES string of the molecule is O=S(=O)(NC[C@H](c1ccc(F)cc1)[NH+]1CCOCC1)c1ccc2c(c1)OCCO2. The van der Waals surface area contributed by atoms with Crippen LogP contribution in [0.1, 0.15) is 11.6 Å². The number of rotatable bonds is 6. The molecule has 1 atom stereocenters. The third-order valence-corrected chi connectivity index (χ3v) is 6.62. The summed E-state index contributed by atoms with van der Waals surface area (Å²) >= 11 is 0. The number of fused-ring (bicyclic) bond motifs is 1. The van der Waals surface area contributed by atoms with Gasteiger partial charge in [-0.25, -0.2) is 17.5 Å². The van der Waals surface area contributed by atoms with Crippen LogP contribution in [-0.4, -0.2) is 54.5 Å². The van der Waals surface area contributed by atoms with Crippen molar-refractivity contribution < 1.29 is 31.9 Å². The Bertz CT molecular complexity index is 946. The number of morpholine rings is 1. The molecule has 2 aliphatic rings. The Morgan fingerprint density at radius 2 is 1.66 bits per heavy atom. The summed E-state index contributed by atoms with van der Waals surface area (Å²) in [7, 11) is -3.75. The second-order valence-electron chi connectivity index (χ2n) is 7.03. The molecule has 0 saturated carbocycles. The van der Waals surface area contributed by atoms with Crippen LogP contribution in [0, 0.1) is 5.82 Å². The molecule has 0 bridgehead atoms. The maximum atomic E-state index is 13.4. The zero-order valence-corrected chi connectivity index (χ0v) is 16.7.